The fourth-order valence-electron chi connectivity index (χ4n) is 2.94. The molecule has 0 fully saturated rings. The summed E-state index contributed by atoms with van der Waals surface area (Å²) in [5, 5.41) is 0. The molecule has 0 radical (unpaired) electrons. The van der Waals surface area contributed by atoms with Gasteiger partial charge in [-0.3, -0.25) is 4.79 Å². The van der Waals surface area contributed by atoms with Gasteiger partial charge in [0.1, 0.15) is 0 Å². The molecule has 0 saturated carbocycles. The van der Waals surface area contributed by atoms with Crippen LogP contribution in [0.4, 0.5) is 0 Å². The first-order chi connectivity index (χ1) is 11.7. The van der Waals surface area contributed by atoms with Gasteiger partial charge >= 0.3 is 5.97 Å². The van der Waals surface area contributed by atoms with Gasteiger partial charge in [-0.1, -0.05) is 60.7 Å². The predicted molar refractivity (Wildman–Crippen MR) is 90.9 cm³/mol. The molecule has 24 heavy (non-hydrogen) atoms. The topological polar surface area (TPSA) is 46.6 Å². The summed E-state index contributed by atoms with van der Waals surface area (Å²) in [4.78, 5) is 26.4. The van der Waals surface area contributed by atoms with Crippen LogP contribution in [-0.2, 0) is 20.9 Å². The van der Waals surface area contributed by atoms with Crippen molar-refractivity contribution in [2.45, 2.75) is 18.9 Å². The third kappa shape index (κ3) is 3.38. The van der Waals surface area contributed by atoms with E-state index in [0.717, 1.165) is 11.1 Å². The number of hydrogen-bond donors (Lipinski definition) is 0. The zero-order valence-electron chi connectivity index (χ0n) is 13.5. The van der Waals surface area contributed by atoms with Crippen molar-refractivity contribution in [3.05, 3.63) is 83.6 Å². The van der Waals surface area contributed by atoms with Gasteiger partial charge in [-0.05, 0) is 11.1 Å². The second-order valence-electron chi connectivity index (χ2n) is 5.75. The zero-order chi connectivity index (χ0) is 16.9. The van der Waals surface area contributed by atoms with Crippen LogP contribution in [0.15, 0.2) is 72.4 Å². The second kappa shape index (κ2) is 7.13. The number of ether oxygens (including phenoxy) is 1. The lowest BCUT2D eigenvalue weighted by atomic mass is 9.86. The zero-order valence-corrected chi connectivity index (χ0v) is 13.5. The van der Waals surface area contributed by atoms with Crippen molar-refractivity contribution in [1.29, 1.82) is 0 Å². The Morgan fingerprint density at radius 3 is 2.33 bits per heavy atom. The van der Waals surface area contributed by atoms with Crippen molar-refractivity contribution in [2.24, 2.45) is 0 Å². The third-order valence-electron chi connectivity index (χ3n) is 4.19. The number of carbonyl (C=O) groups is 2. The highest BCUT2D eigenvalue weighted by Gasteiger charge is 2.32. The van der Waals surface area contributed by atoms with Crippen LogP contribution in [-0.4, -0.2) is 23.9 Å². The summed E-state index contributed by atoms with van der Waals surface area (Å²) in [7, 11) is 1.36. The van der Waals surface area contributed by atoms with Crippen LogP contribution in [0.25, 0.3) is 0 Å². The number of amides is 1. The van der Waals surface area contributed by atoms with Crippen LogP contribution >= 0.6 is 0 Å². The highest BCUT2D eigenvalue weighted by molar-refractivity contribution is 5.94. The maximum absolute atomic E-state index is 12.6. The minimum Gasteiger partial charge on any atom is -0.466 e. The Kier molecular flexibility index (Phi) is 4.75. The minimum absolute atomic E-state index is 0.000333. The largest absolute Gasteiger partial charge is 0.466 e. The monoisotopic (exact) mass is 321 g/mol. The average Bonchev–Trinajstić information content (AvgIpc) is 2.64. The number of hydrogen-bond acceptors (Lipinski definition) is 3. The first kappa shape index (κ1) is 16.0. The van der Waals surface area contributed by atoms with E-state index in [2.05, 4.69) is 0 Å². The van der Waals surface area contributed by atoms with E-state index >= 15 is 0 Å². The van der Waals surface area contributed by atoms with Gasteiger partial charge < -0.3 is 9.64 Å². The molecule has 0 N–H and O–H groups in total. The summed E-state index contributed by atoms with van der Waals surface area (Å²) in [5.41, 5.74) is 2.48. The summed E-state index contributed by atoms with van der Waals surface area (Å²) in [5.74, 6) is -0.659. The van der Waals surface area contributed by atoms with Gasteiger partial charge in [-0.2, -0.15) is 0 Å². The Morgan fingerprint density at radius 1 is 1.08 bits per heavy atom. The molecule has 4 nitrogen and oxygen atoms in total. The SMILES string of the molecule is COC(=O)C1=CN(Cc2ccccc2)C(=O)C[C@@H]1c1ccccc1. The molecule has 0 unspecified atom stereocenters. The van der Waals surface area contributed by atoms with E-state index in [1.165, 1.54) is 7.11 Å². The van der Waals surface area contributed by atoms with Crippen LogP contribution in [0.2, 0.25) is 0 Å². The second-order valence-corrected chi connectivity index (χ2v) is 5.75. The normalized spacial score (nSPS) is 17.4. The summed E-state index contributed by atoms with van der Waals surface area (Å²) in [6.07, 6.45) is 1.90. The number of methoxy groups -OCH3 is 1. The molecule has 1 heterocycles. The first-order valence-corrected chi connectivity index (χ1v) is 7.87. The quantitative estimate of drug-likeness (QED) is 0.812. The Hall–Kier alpha value is -2.88. The van der Waals surface area contributed by atoms with Crippen LogP contribution in [0.1, 0.15) is 23.5 Å². The fourth-order valence-corrected chi connectivity index (χ4v) is 2.94. The summed E-state index contributed by atoms with van der Waals surface area (Å²) < 4.78 is 4.93. The molecule has 1 aliphatic heterocycles. The molecule has 0 spiro atoms. The number of carbonyl (C=O) groups excluding carboxylic acids is 2. The lowest BCUT2D eigenvalue weighted by molar-refractivity contribution is -0.137. The Morgan fingerprint density at radius 2 is 1.71 bits per heavy atom. The standard InChI is InChI=1S/C20H19NO3/c1-24-20(23)18-14-21(13-15-8-4-2-5-9-15)19(22)12-17(18)16-10-6-3-7-11-16/h2-11,14,17H,12-13H2,1H3/t17-/m1/s1. The minimum atomic E-state index is -0.394. The lowest BCUT2D eigenvalue weighted by Gasteiger charge is -2.30. The van der Waals surface area contributed by atoms with Crippen molar-refractivity contribution >= 4 is 11.9 Å². The Labute approximate surface area is 141 Å². The van der Waals surface area contributed by atoms with Crippen LogP contribution in [0.3, 0.4) is 0 Å². The van der Waals surface area contributed by atoms with Gasteiger partial charge in [-0.15, -0.1) is 0 Å². The van der Waals surface area contributed by atoms with E-state index in [-0.39, 0.29) is 18.2 Å². The molecule has 0 saturated heterocycles. The Bertz CT molecular complexity index is 753. The molecule has 4 heteroatoms. The molecule has 122 valence electrons. The number of esters is 1. The fraction of sp³-hybridized carbons (Fsp3) is 0.200. The van der Waals surface area contributed by atoms with E-state index in [9.17, 15) is 9.59 Å². The summed E-state index contributed by atoms with van der Waals surface area (Å²) in [6.45, 7) is 0.446. The predicted octanol–water partition coefficient (Wildman–Crippen LogP) is 3.26. The van der Waals surface area contributed by atoms with Crippen LogP contribution in [0, 0.1) is 0 Å². The molecule has 2 aromatic rings. The van der Waals surface area contributed by atoms with Crippen molar-refractivity contribution in [1.82, 2.24) is 4.90 Å². The van der Waals surface area contributed by atoms with Crippen molar-refractivity contribution in [3.8, 4) is 0 Å². The van der Waals surface area contributed by atoms with E-state index in [0.29, 0.717) is 12.1 Å². The van der Waals surface area contributed by atoms with Crippen molar-refractivity contribution in [3.63, 3.8) is 0 Å². The van der Waals surface area contributed by atoms with Gasteiger partial charge in [0, 0.05) is 18.5 Å². The van der Waals surface area contributed by atoms with E-state index in [1.807, 2.05) is 60.7 Å². The average molecular weight is 321 g/mol. The van der Waals surface area contributed by atoms with Crippen molar-refractivity contribution in [2.75, 3.05) is 7.11 Å². The summed E-state index contributed by atoms with van der Waals surface area (Å²) in [6, 6.07) is 19.3. The van der Waals surface area contributed by atoms with E-state index < -0.39 is 5.97 Å². The Balaban J connectivity index is 1.93. The molecule has 1 atom stereocenters. The van der Waals surface area contributed by atoms with Gasteiger partial charge in [0.15, 0.2) is 0 Å². The maximum Gasteiger partial charge on any atom is 0.335 e. The van der Waals surface area contributed by atoms with Gasteiger partial charge in [0.25, 0.3) is 0 Å². The maximum atomic E-state index is 12.6. The number of rotatable bonds is 4. The highest BCUT2D eigenvalue weighted by atomic mass is 16.5. The van der Waals surface area contributed by atoms with E-state index in [1.54, 1.807) is 11.1 Å². The molecule has 0 aromatic heterocycles. The molecule has 1 amide bonds. The lowest BCUT2D eigenvalue weighted by Crippen LogP contribution is -2.34. The molecule has 2 aromatic carbocycles. The molecule has 0 bridgehead atoms. The van der Waals surface area contributed by atoms with Gasteiger partial charge in [0.2, 0.25) is 5.91 Å². The third-order valence-corrected chi connectivity index (χ3v) is 4.19. The number of benzene rings is 2. The molecule has 3 rings (SSSR count). The van der Waals surface area contributed by atoms with Gasteiger partial charge in [-0.25, -0.2) is 4.79 Å². The molecular weight excluding hydrogens is 302 g/mol. The first-order valence-electron chi connectivity index (χ1n) is 7.87. The smallest absolute Gasteiger partial charge is 0.335 e. The summed E-state index contributed by atoms with van der Waals surface area (Å²) >= 11 is 0. The number of nitrogens with zero attached hydrogens (tertiary/aromatic N) is 1. The molecular formula is C20H19NO3. The molecule has 0 aliphatic carbocycles. The van der Waals surface area contributed by atoms with Crippen LogP contribution < -0.4 is 0 Å². The van der Waals surface area contributed by atoms with Crippen LogP contribution in [0.5, 0.6) is 0 Å². The van der Waals surface area contributed by atoms with Gasteiger partial charge in [0.05, 0.1) is 19.2 Å². The molecule has 1 aliphatic rings. The van der Waals surface area contributed by atoms with E-state index in [4.69, 9.17) is 4.74 Å². The van der Waals surface area contributed by atoms with Crippen molar-refractivity contribution < 1.29 is 14.3 Å². The highest BCUT2D eigenvalue weighted by Crippen LogP contribution is 2.33.